The summed E-state index contributed by atoms with van der Waals surface area (Å²) < 4.78 is 10.4. The first-order valence-electron chi connectivity index (χ1n) is 6.22. The molecule has 1 amide bonds. The highest BCUT2D eigenvalue weighted by Crippen LogP contribution is 2.39. The minimum atomic E-state index is -0.809. The summed E-state index contributed by atoms with van der Waals surface area (Å²) in [6.45, 7) is 0.359. The van der Waals surface area contributed by atoms with Crippen LogP contribution in [-0.4, -0.2) is 34.3 Å². The maximum atomic E-state index is 11.9. The van der Waals surface area contributed by atoms with Crippen LogP contribution in [0, 0.1) is 10.1 Å². The zero-order valence-corrected chi connectivity index (χ0v) is 11.7. The molecular weight excluding hydrogens is 298 g/mol. The van der Waals surface area contributed by atoms with E-state index in [1.54, 1.807) is 12.1 Å². The van der Waals surface area contributed by atoms with Gasteiger partial charge in [0.2, 0.25) is 5.91 Å². The summed E-state index contributed by atoms with van der Waals surface area (Å²) in [4.78, 5) is 22.0. The largest absolute Gasteiger partial charge is 0.346 e. The van der Waals surface area contributed by atoms with Crippen molar-refractivity contribution >= 4 is 23.4 Å². The Morgan fingerprint density at radius 2 is 1.95 bits per heavy atom. The van der Waals surface area contributed by atoms with Gasteiger partial charge in [0, 0.05) is 17.7 Å². The minimum absolute atomic E-state index is 0.00253. The molecule has 0 aromatic heterocycles. The average Bonchev–Trinajstić information content (AvgIpc) is 2.74. The second-order valence-corrected chi connectivity index (χ2v) is 6.33. The monoisotopic (exact) mass is 311 g/mol. The smallest absolute Gasteiger partial charge is 0.269 e. The van der Waals surface area contributed by atoms with Gasteiger partial charge < -0.3 is 20.5 Å². The van der Waals surface area contributed by atoms with Gasteiger partial charge in [-0.05, 0) is 12.1 Å². The van der Waals surface area contributed by atoms with E-state index in [1.165, 1.54) is 23.9 Å². The van der Waals surface area contributed by atoms with Gasteiger partial charge in [-0.15, -0.1) is 0 Å². The first-order chi connectivity index (χ1) is 10.00. The number of nitro benzene ring substituents is 1. The van der Waals surface area contributed by atoms with Gasteiger partial charge in [-0.3, -0.25) is 14.9 Å². The predicted molar refractivity (Wildman–Crippen MR) is 74.2 cm³/mol. The van der Waals surface area contributed by atoms with Crippen LogP contribution in [0.1, 0.15) is 11.9 Å². The second-order valence-electron chi connectivity index (χ2n) is 4.81. The zero-order chi connectivity index (χ0) is 15.0. The van der Waals surface area contributed by atoms with Crippen molar-refractivity contribution in [1.29, 1.82) is 0 Å². The maximum Gasteiger partial charge on any atom is 0.269 e. The molecule has 3 rings (SSSR count). The summed E-state index contributed by atoms with van der Waals surface area (Å²) in [7, 11) is 0. The lowest BCUT2D eigenvalue weighted by Crippen LogP contribution is -2.48. The number of carbonyl (C=O) groups excluding carboxylic acids is 1. The first-order valence-corrected chi connectivity index (χ1v) is 7.10. The van der Waals surface area contributed by atoms with Gasteiger partial charge in [0.25, 0.3) is 5.69 Å². The third-order valence-corrected chi connectivity index (χ3v) is 4.60. The first kappa shape index (κ1) is 14.3. The fraction of sp³-hybridized carbons (Fsp3) is 0.417. The summed E-state index contributed by atoms with van der Waals surface area (Å²) in [6.07, 6.45) is -0.637. The number of non-ortho nitro benzene ring substituents is 1. The van der Waals surface area contributed by atoms with E-state index in [-0.39, 0.29) is 24.8 Å². The Morgan fingerprint density at radius 3 is 2.43 bits per heavy atom. The predicted octanol–water partition coefficient (Wildman–Crippen LogP) is 0.484. The molecule has 2 saturated heterocycles. The molecule has 8 nitrogen and oxygen atoms in total. The van der Waals surface area contributed by atoms with Crippen LogP contribution < -0.4 is 11.1 Å². The van der Waals surface area contributed by atoms with Gasteiger partial charge in [0.1, 0.15) is 10.2 Å². The van der Waals surface area contributed by atoms with Crippen LogP contribution in [-0.2, 0) is 14.3 Å². The van der Waals surface area contributed by atoms with Gasteiger partial charge in [0.15, 0.2) is 6.29 Å². The van der Waals surface area contributed by atoms with E-state index < -0.39 is 21.5 Å². The van der Waals surface area contributed by atoms with Gasteiger partial charge >= 0.3 is 0 Å². The van der Waals surface area contributed by atoms with E-state index in [9.17, 15) is 14.9 Å². The fourth-order valence-electron chi connectivity index (χ4n) is 2.24. The van der Waals surface area contributed by atoms with Crippen LogP contribution in [0.5, 0.6) is 0 Å². The van der Waals surface area contributed by atoms with Crippen molar-refractivity contribution in [3.05, 3.63) is 39.9 Å². The van der Waals surface area contributed by atoms with Gasteiger partial charge in [-0.25, -0.2) is 0 Å². The van der Waals surface area contributed by atoms with Crippen LogP contribution in [0.15, 0.2) is 24.3 Å². The third-order valence-electron chi connectivity index (χ3n) is 3.35. The summed E-state index contributed by atoms with van der Waals surface area (Å²) >= 11 is 1.28. The number of nitrogens with two attached hydrogens (primary N) is 1. The maximum absolute atomic E-state index is 11.9. The number of nitro groups is 1. The Hall–Kier alpha value is -1.68. The number of carbonyl (C=O) groups is 1. The van der Waals surface area contributed by atoms with Crippen molar-refractivity contribution in [2.45, 2.75) is 16.5 Å². The van der Waals surface area contributed by atoms with Gasteiger partial charge in [0.05, 0.1) is 18.1 Å². The average molecular weight is 311 g/mol. The van der Waals surface area contributed by atoms with E-state index >= 15 is 0 Å². The minimum Gasteiger partial charge on any atom is -0.346 e. The summed E-state index contributed by atoms with van der Waals surface area (Å²) in [5.74, 6) is -0.192. The molecule has 1 aromatic carbocycles. The molecule has 112 valence electrons. The Bertz CT molecular complexity index is 571. The normalized spacial score (nSPS) is 32.1. The lowest BCUT2D eigenvalue weighted by atomic mass is 10.1. The number of hydrogen-bond acceptors (Lipinski definition) is 7. The lowest BCUT2D eigenvalue weighted by molar-refractivity contribution is -0.384. The van der Waals surface area contributed by atoms with Gasteiger partial charge in [-0.2, -0.15) is 0 Å². The summed E-state index contributed by atoms with van der Waals surface area (Å²) in [6, 6.07) is 5.93. The molecule has 0 bridgehead atoms. The van der Waals surface area contributed by atoms with Crippen molar-refractivity contribution in [3.63, 3.8) is 0 Å². The number of nitrogens with one attached hydrogen (secondary N) is 1. The highest BCUT2D eigenvalue weighted by Gasteiger charge is 2.50. The molecular formula is C12H13N3O5S. The van der Waals surface area contributed by atoms with E-state index in [2.05, 4.69) is 5.32 Å². The molecule has 1 atom stereocenters. The van der Waals surface area contributed by atoms with Crippen LogP contribution in [0.3, 0.4) is 0 Å². The molecule has 0 unspecified atom stereocenters. The quantitative estimate of drug-likeness (QED) is 0.602. The third kappa shape index (κ3) is 2.60. The molecule has 0 saturated carbocycles. The Balaban J connectivity index is 1.68. The molecule has 2 fully saturated rings. The Morgan fingerprint density at radius 1 is 1.33 bits per heavy atom. The zero-order valence-electron chi connectivity index (χ0n) is 10.9. The van der Waals surface area contributed by atoms with E-state index in [4.69, 9.17) is 15.2 Å². The molecule has 2 aliphatic heterocycles. The molecule has 2 heterocycles. The number of ether oxygens (including phenoxy) is 2. The fourth-order valence-corrected chi connectivity index (χ4v) is 3.33. The second kappa shape index (κ2) is 5.26. The number of nitrogens with zero attached hydrogens (tertiary/aromatic N) is 1. The summed E-state index contributed by atoms with van der Waals surface area (Å²) in [5, 5.41) is 13.2. The Kier molecular flexibility index (Phi) is 3.57. The highest BCUT2D eigenvalue weighted by molar-refractivity contribution is 8.02. The Labute approximate surface area is 124 Å². The number of amides is 1. The SMILES string of the molecule is N[C@H]1NC(=O)C2(COC(c3ccc([N+](=O)[O-])cc3)OC2)S1. The molecule has 21 heavy (non-hydrogen) atoms. The number of rotatable bonds is 2. The van der Waals surface area contributed by atoms with Crippen molar-refractivity contribution in [2.24, 2.45) is 5.73 Å². The number of benzene rings is 1. The molecule has 9 heteroatoms. The molecule has 1 aromatic rings. The number of thioether (sulfide) groups is 1. The van der Waals surface area contributed by atoms with Crippen LogP contribution in [0.2, 0.25) is 0 Å². The molecule has 0 radical (unpaired) electrons. The van der Waals surface area contributed by atoms with Gasteiger partial charge in [-0.1, -0.05) is 11.8 Å². The van der Waals surface area contributed by atoms with Crippen LogP contribution in [0.4, 0.5) is 5.69 Å². The topological polar surface area (TPSA) is 117 Å². The van der Waals surface area contributed by atoms with Crippen molar-refractivity contribution in [3.8, 4) is 0 Å². The van der Waals surface area contributed by atoms with Crippen molar-refractivity contribution in [2.75, 3.05) is 13.2 Å². The van der Waals surface area contributed by atoms with E-state index in [0.717, 1.165) is 0 Å². The highest BCUT2D eigenvalue weighted by atomic mass is 32.2. The van der Waals surface area contributed by atoms with Crippen molar-refractivity contribution in [1.82, 2.24) is 5.32 Å². The van der Waals surface area contributed by atoms with E-state index in [1.807, 2.05) is 0 Å². The molecule has 3 N–H and O–H groups in total. The van der Waals surface area contributed by atoms with Crippen molar-refractivity contribution < 1.29 is 19.2 Å². The van der Waals surface area contributed by atoms with Crippen LogP contribution in [0.25, 0.3) is 0 Å². The lowest BCUT2D eigenvalue weighted by Gasteiger charge is -2.34. The van der Waals surface area contributed by atoms with Crippen LogP contribution >= 0.6 is 11.8 Å². The molecule has 2 aliphatic rings. The standard InChI is InChI=1S/C12H13N3O5S/c13-11-14-10(16)12(21-11)5-19-9(20-6-12)7-1-3-8(4-2-7)15(17)18/h1-4,9,11H,5-6,13H2,(H,14,16)/t9?,11-,12?/m0/s1. The molecule has 1 spiro atoms. The summed E-state index contributed by atoms with van der Waals surface area (Å²) in [5.41, 5.74) is 5.89. The number of hydrogen-bond donors (Lipinski definition) is 2. The van der Waals surface area contributed by atoms with E-state index in [0.29, 0.717) is 5.56 Å². The molecule has 0 aliphatic carbocycles.